The maximum absolute atomic E-state index is 11.9. The van der Waals surface area contributed by atoms with Gasteiger partial charge in [0, 0.05) is 18.7 Å². The Morgan fingerprint density at radius 3 is 3.00 bits per heavy atom. The summed E-state index contributed by atoms with van der Waals surface area (Å²) in [5.41, 5.74) is 0.422. The van der Waals surface area contributed by atoms with Gasteiger partial charge in [0.25, 0.3) is 5.56 Å². The zero-order chi connectivity index (χ0) is 14.1. The zero-order valence-electron chi connectivity index (χ0n) is 10.6. The number of hydrogen-bond acceptors (Lipinski definition) is 3. The van der Waals surface area contributed by atoms with Crippen LogP contribution in [-0.2, 0) is 6.54 Å². The van der Waals surface area contributed by atoms with Crippen LogP contribution in [0.1, 0.15) is 17.9 Å². The molecule has 1 aliphatic heterocycles. The first-order chi connectivity index (χ1) is 9.65. The highest BCUT2D eigenvalue weighted by atomic mass is 127. The van der Waals surface area contributed by atoms with E-state index in [-0.39, 0.29) is 17.2 Å². The minimum Gasteiger partial charge on any atom is -0.493 e. The molecular weight excluding hydrogens is 371 g/mol. The van der Waals surface area contributed by atoms with Crippen LogP contribution in [0.4, 0.5) is 0 Å². The van der Waals surface area contributed by atoms with E-state index in [2.05, 4.69) is 4.98 Å². The predicted octanol–water partition coefficient (Wildman–Crippen LogP) is 1.71. The van der Waals surface area contributed by atoms with E-state index in [1.165, 1.54) is 0 Å². The van der Waals surface area contributed by atoms with E-state index in [9.17, 15) is 9.59 Å². The molecule has 0 saturated heterocycles. The molecule has 2 aromatic rings. The lowest BCUT2D eigenvalue weighted by Gasteiger charge is -2.26. The first kappa shape index (κ1) is 13.4. The average molecular weight is 384 g/mol. The Balaban J connectivity index is 1.95. The molecular formula is C14H13IN2O3. The summed E-state index contributed by atoms with van der Waals surface area (Å²) >= 11 is 1.93. The molecule has 6 heteroatoms. The number of ether oxygens (including phenoxy) is 1. The highest BCUT2D eigenvalue weighted by Crippen LogP contribution is 2.33. The van der Waals surface area contributed by atoms with Gasteiger partial charge in [-0.15, -0.1) is 0 Å². The fourth-order valence-electron chi connectivity index (χ4n) is 2.46. The molecule has 5 nitrogen and oxygen atoms in total. The Morgan fingerprint density at radius 2 is 2.15 bits per heavy atom. The lowest BCUT2D eigenvalue weighted by Crippen LogP contribution is -2.33. The smallest absolute Gasteiger partial charge is 0.328 e. The topological polar surface area (TPSA) is 64.1 Å². The molecule has 1 aromatic carbocycles. The van der Waals surface area contributed by atoms with Gasteiger partial charge in [-0.25, -0.2) is 4.79 Å². The molecule has 0 amide bonds. The molecule has 1 aromatic heterocycles. The van der Waals surface area contributed by atoms with E-state index in [1.54, 1.807) is 10.8 Å². The van der Waals surface area contributed by atoms with Crippen molar-refractivity contribution in [1.82, 2.24) is 9.55 Å². The number of nitrogens with one attached hydrogen (secondary N) is 1. The Bertz CT molecular complexity index is 751. The molecule has 0 spiro atoms. The van der Waals surface area contributed by atoms with Crippen LogP contribution in [0.3, 0.4) is 0 Å². The van der Waals surface area contributed by atoms with Crippen molar-refractivity contribution in [2.45, 2.75) is 18.9 Å². The van der Waals surface area contributed by atoms with Crippen molar-refractivity contribution in [2.75, 3.05) is 6.61 Å². The third kappa shape index (κ3) is 2.52. The van der Waals surface area contributed by atoms with Gasteiger partial charge in [0.05, 0.1) is 10.2 Å². The third-order valence-corrected chi connectivity index (χ3v) is 4.24. The molecule has 1 atom stereocenters. The highest BCUT2D eigenvalue weighted by molar-refractivity contribution is 14.1. The summed E-state index contributed by atoms with van der Waals surface area (Å²) in [6, 6.07) is 7.89. The predicted molar refractivity (Wildman–Crippen MR) is 83.3 cm³/mol. The van der Waals surface area contributed by atoms with E-state index < -0.39 is 0 Å². The average Bonchev–Trinajstić information content (AvgIpc) is 2.45. The molecule has 1 aliphatic rings. The Hall–Kier alpha value is -1.57. The van der Waals surface area contributed by atoms with Crippen LogP contribution >= 0.6 is 22.6 Å². The van der Waals surface area contributed by atoms with Gasteiger partial charge >= 0.3 is 5.69 Å². The number of para-hydroxylation sites is 1. The summed E-state index contributed by atoms with van der Waals surface area (Å²) in [6.07, 6.45) is 2.47. The van der Waals surface area contributed by atoms with Gasteiger partial charge in [0.15, 0.2) is 0 Å². The Labute approximate surface area is 128 Å². The molecule has 1 N–H and O–H groups in total. The monoisotopic (exact) mass is 384 g/mol. The summed E-state index contributed by atoms with van der Waals surface area (Å²) in [5, 5.41) is 0. The van der Waals surface area contributed by atoms with Gasteiger partial charge in [-0.3, -0.25) is 14.3 Å². The van der Waals surface area contributed by atoms with Gasteiger partial charge in [0.2, 0.25) is 0 Å². The van der Waals surface area contributed by atoms with Crippen molar-refractivity contribution in [3.63, 3.8) is 0 Å². The normalized spacial score (nSPS) is 17.4. The fraction of sp³-hybridized carbons (Fsp3) is 0.286. The zero-order valence-corrected chi connectivity index (χ0v) is 12.8. The van der Waals surface area contributed by atoms with Crippen LogP contribution in [0.5, 0.6) is 5.75 Å². The van der Waals surface area contributed by atoms with Crippen LogP contribution in [0.2, 0.25) is 0 Å². The lowest BCUT2D eigenvalue weighted by molar-refractivity contribution is 0.258. The number of rotatable bonds is 2. The molecule has 0 fully saturated rings. The second-order valence-corrected chi connectivity index (χ2v) is 5.92. The van der Waals surface area contributed by atoms with Crippen molar-refractivity contribution in [2.24, 2.45) is 0 Å². The van der Waals surface area contributed by atoms with Crippen LogP contribution in [0.25, 0.3) is 0 Å². The van der Waals surface area contributed by atoms with E-state index in [0.29, 0.717) is 16.7 Å². The van der Waals surface area contributed by atoms with Gasteiger partial charge < -0.3 is 4.74 Å². The molecule has 0 radical (unpaired) electrons. The maximum Gasteiger partial charge on any atom is 0.328 e. The van der Waals surface area contributed by atoms with E-state index in [4.69, 9.17) is 4.74 Å². The quantitative estimate of drug-likeness (QED) is 0.802. The third-order valence-electron chi connectivity index (χ3n) is 3.47. The number of fused-ring (bicyclic) bond motifs is 1. The molecule has 1 unspecified atom stereocenters. The van der Waals surface area contributed by atoms with Gasteiger partial charge in [-0.1, -0.05) is 18.2 Å². The maximum atomic E-state index is 11.9. The van der Waals surface area contributed by atoms with E-state index >= 15 is 0 Å². The number of hydrogen-bond donors (Lipinski definition) is 1. The van der Waals surface area contributed by atoms with Crippen molar-refractivity contribution in [3.05, 3.63) is 60.4 Å². The molecule has 0 aliphatic carbocycles. The molecule has 0 bridgehead atoms. The second-order valence-electron chi connectivity index (χ2n) is 4.76. The summed E-state index contributed by atoms with van der Waals surface area (Å²) in [5.74, 6) is 1.11. The summed E-state index contributed by atoms with van der Waals surface area (Å²) < 4.78 is 7.70. The number of H-pyrrole nitrogens is 1. The van der Waals surface area contributed by atoms with Crippen LogP contribution in [0.15, 0.2) is 40.1 Å². The Morgan fingerprint density at radius 1 is 1.35 bits per heavy atom. The number of aromatic nitrogens is 2. The highest BCUT2D eigenvalue weighted by Gasteiger charge is 2.21. The van der Waals surface area contributed by atoms with E-state index in [1.807, 2.05) is 46.9 Å². The number of halogens is 1. The fourth-order valence-corrected chi connectivity index (χ4v) is 2.93. The molecule has 2 heterocycles. The van der Waals surface area contributed by atoms with Crippen LogP contribution < -0.4 is 16.0 Å². The van der Waals surface area contributed by atoms with E-state index in [0.717, 1.165) is 17.7 Å². The summed E-state index contributed by atoms with van der Waals surface area (Å²) in [7, 11) is 0. The standard InChI is InChI=1S/C14H13IN2O3/c15-11-8-17(14(19)16-13(11)18)7-9-5-6-20-12-4-2-1-3-10(9)12/h1-4,8-9H,5-7H2,(H,16,18,19). The molecule has 3 rings (SSSR count). The number of aromatic amines is 1. The summed E-state index contributed by atoms with van der Waals surface area (Å²) in [6.45, 7) is 1.20. The number of nitrogens with zero attached hydrogens (tertiary/aromatic N) is 1. The first-order valence-electron chi connectivity index (χ1n) is 6.36. The Kier molecular flexibility index (Phi) is 3.64. The minimum atomic E-state index is -0.362. The van der Waals surface area contributed by atoms with Gasteiger partial charge in [-0.2, -0.15) is 0 Å². The van der Waals surface area contributed by atoms with Crippen molar-refractivity contribution < 1.29 is 4.74 Å². The van der Waals surface area contributed by atoms with Crippen molar-refractivity contribution in [3.8, 4) is 5.75 Å². The van der Waals surface area contributed by atoms with Gasteiger partial charge in [-0.05, 0) is 40.6 Å². The lowest BCUT2D eigenvalue weighted by atomic mass is 9.93. The minimum absolute atomic E-state index is 0.222. The molecule has 104 valence electrons. The largest absolute Gasteiger partial charge is 0.493 e. The molecule has 20 heavy (non-hydrogen) atoms. The summed E-state index contributed by atoms with van der Waals surface area (Å²) in [4.78, 5) is 25.6. The van der Waals surface area contributed by atoms with Crippen LogP contribution in [-0.4, -0.2) is 16.2 Å². The SMILES string of the molecule is O=c1[nH]c(=O)n(CC2CCOc3ccccc32)cc1I. The van der Waals surface area contributed by atoms with Crippen LogP contribution in [0, 0.1) is 3.57 Å². The first-order valence-corrected chi connectivity index (χ1v) is 7.44. The van der Waals surface area contributed by atoms with Crippen molar-refractivity contribution >= 4 is 22.6 Å². The molecule has 0 saturated carbocycles. The number of benzene rings is 1. The van der Waals surface area contributed by atoms with Crippen molar-refractivity contribution in [1.29, 1.82) is 0 Å². The van der Waals surface area contributed by atoms with Gasteiger partial charge in [0.1, 0.15) is 5.75 Å². The second kappa shape index (κ2) is 5.43.